The van der Waals surface area contributed by atoms with Crippen LogP contribution in [0.1, 0.15) is 42.6 Å². The Bertz CT molecular complexity index is 493. The summed E-state index contributed by atoms with van der Waals surface area (Å²) in [6.45, 7) is 4.30. The lowest BCUT2D eigenvalue weighted by molar-refractivity contribution is 0.579. The monoisotopic (exact) mass is 240 g/mol. The van der Waals surface area contributed by atoms with E-state index in [1.165, 1.54) is 11.1 Å². The van der Waals surface area contributed by atoms with E-state index in [0.29, 0.717) is 0 Å². The van der Waals surface area contributed by atoms with Crippen molar-refractivity contribution in [2.75, 3.05) is 0 Å². The standard InChI is InChI=1S/C16H20N2/c1-3-13-8-4-5-9-14(13)16(17)12(2)15-10-6-7-11-18-15/h4-12,16H,3,17H2,1-2H3. The number of nitrogens with zero attached hydrogens (tertiary/aromatic N) is 1. The molecule has 2 rings (SSSR count). The zero-order valence-corrected chi connectivity index (χ0v) is 11.0. The lowest BCUT2D eigenvalue weighted by Gasteiger charge is -2.22. The van der Waals surface area contributed by atoms with E-state index in [2.05, 4.69) is 43.1 Å². The topological polar surface area (TPSA) is 38.9 Å². The first kappa shape index (κ1) is 12.8. The fourth-order valence-electron chi connectivity index (χ4n) is 2.28. The SMILES string of the molecule is CCc1ccccc1C(N)C(C)c1ccccn1. The number of hydrogen-bond acceptors (Lipinski definition) is 2. The molecule has 94 valence electrons. The van der Waals surface area contributed by atoms with Crippen molar-refractivity contribution in [2.45, 2.75) is 32.2 Å². The third kappa shape index (κ3) is 2.59. The summed E-state index contributed by atoms with van der Waals surface area (Å²) < 4.78 is 0. The molecule has 0 saturated heterocycles. The van der Waals surface area contributed by atoms with Gasteiger partial charge in [0, 0.05) is 23.9 Å². The summed E-state index contributed by atoms with van der Waals surface area (Å²) in [7, 11) is 0. The summed E-state index contributed by atoms with van der Waals surface area (Å²) in [5.41, 5.74) is 10.0. The molecule has 0 radical (unpaired) electrons. The molecule has 2 nitrogen and oxygen atoms in total. The zero-order chi connectivity index (χ0) is 13.0. The molecule has 1 aromatic heterocycles. The first-order chi connectivity index (χ1) is 8.74. The van der Waals surface area contributed by atoms with Gasteiger partial charge in [-0.25, -0.2) is 0 Å². The third-order valence-electron chi connectivity index (χ3n) is 3.49. The van der Waals surface area contributed by atoms with Gasteiger partial charge in [0.15, 0.2) is 0 Å². The third-order valence-corrected chi connectivity index (χ3v) is 3.49. The number of hydrogen-bond donors (Lipinski definition) is 1. The van der Waals surface area contributed by atoms with Crippen LogP contribution < -0.4 is 5.73 Å². The summed E-state index contributed by atoms with van der Waals surface area (Å²) >= 11 is 0. The summed E-state index contributed by atoms with van der Waals surface area (Å²) in [6.07, 6.45) is 2.84. The molecule has 0 bridgehead atoms. The van der Waals surface area contributed by atoms with E-state index in [1.54, 1.807) is 0 Å². The molecule has 0 saturated carbocycles. The van der Waals surface area contributed by atoms with E-state index in [4.69, 9.17) is 5.73 Å². The Morgan fingerprint density at radius 3 is 2.50 bits per heavy atom. The first-order valence-electron chi connectivity index (χ1n) is 6.48. The highest BCUT2D eigenvalue weighted by molar-refractivity contribution is 5.32. The van der Waals surface area contributed by atoms with Gasteiger partial charge >= 0.3 is 0 Å². The molecule has 0 fully saturated rings. The van der Waals surface area contributed by atoms with Gasteiger partial charge in [0.25, 0.3) is 0 Å². The van der Waals surface area contributed by atoms with Crippen LogP contribution in [0.5, 0.6) is 0 Å². The van der Waals surface area contributed by atoms with Gasteiger partial charge in [-0.2, -0.15) is 0 Å². The molecule has 2 unspecified atom stereocenters. The summed E-state index contributed by atoms with van der Waals surface area (Å²) in [6, 6.07) is 14.4. The molecular weight excluding hydrogens is 220 g/mol. The summed E-state index contributed by atoms with van der Waals surface area (Å²) in [5, 5.41) is 0. The molecule has 0 amide bonds. The van der Waals surface area contributed by atoms with Gasteiger partial charge in [-0.15, -0.1) is 0 Å². The van der Waals surface area contributed by atoms with Crippen molar-refractivity contribution in [1.29, 1.82) is 0 Å². The quantitative estimate of drug-likeness (QED) is 0.889. The molecule has 18 heavy (non-hydrogen) atoms. The van der Waals surface area contributed by atoms with Crippen LogP contribution in [0, 0.1) is 0 Å². The van der Waals surface area contributed by atoms with Gasteiger partial charge in [-0.1, -0.05) is 44.2 Å². The van der Waals surface area contributed by atoms with Crippen molar-refractivity contribution < 1.29 is 0 Å². The van der Waals surface area contributed by atoms with Crippen LogP contribution in [0.25, 0.3) is 0 Å². The van der Waals surface area contributed by atoms with Crippen LogP contribution in [0.3, 0.4) is 0 Å². The molecule has 0 aliphatic carbocycles. The average Bonchev–Trinajstić information content (AvgIpc) is 2.46. The molecule has 2 N–H and O–H groups in total. The van der Waals surface area contributed by atoms with Crippen molar-refractivity contribution in [3.63, 3.8) is 0 Å². The van der Waals surface area contributed by atoms with Gasteiger partial charge in [-0.05, 0) is 29.7 Å². The normalized spacial score (nSPS) is 14.2. The maximum Gasteiger partial charge on any atom is 0.0450 e. The minimum atomic E-state index is -0.00366. The predicted molar refractivity (Wildman–Crippen MR) is 75.4 cm³/mol. The van der Waals surface area contributed by atoms with E-state index < -0.39 is 0 Å². The predicted octanol–water partition coefficient (Wildman–Crippen LogP) is 3.45. The minimum absolute atomic E-state index is 0.00366. The molecule has 2 heteroatoms. The number of nitrogens with two attached hydrogens (primary N) is 1. The maximum absolute atomic E-state index is 6.41. The smallest absolute Gasteiger partial charge is 0.0450 e. The van der Waals surface area contributed by atoms with Crippen LogP contribution in [-0.4, -0.2) is 4.98 Å². The summed E-state index contributed by atoms with van der Waals surface area (Å²) in [4.78, 5) is 4.40. The summed E-state index contributed by atoms with van der Waals surface area (Å²) in [5.74, 6) is 0.221. The molecule has 0 aliphatic rings. The highest BCUT2D eigenvalue weighted by Crippen LogP contribution is 2.29. The van der Waals surface area contributed by atoms with Gasteiger partial charge in [0.1, 0.15) is 0 Å². The lowest BCUT2D eigenvalue weighted by Crippen LogP contribution is -2.19. The number of aromatic nitrogens is 1. The van der Waals surface area contributed by atoms with Crippen LogP contribution >= 0.6 is 0 Å². The number of pyridine rings is 1. The van der Waals surface area contributed by atoms with Crippen LogP contribution in [-0.2, 0) is 6.42 Å². The Morgan fingerprint density at radius 1 is 1.11 bits per heavy atom. The number of rotatable bonds is 4. The zero-order valence-electron chi connectivity index (χ0n) is 11.0. The first-order valence-corrected chi connectivity index (χ1v) is 6.48. The Hall–Kier alpha value is -1.67. The molecular formula is C16H20N2. The van der Waals surface area contributed by atoms with Crippen molar-refractivity contribution in [1.82, 2.24) is 4.98 Å². The van der Waals surface area contributed by atoms with Gasteiger partial charge < -0.3 is 5.73 Å². The Labute approximate surface area is 109 Å². The Morgan fingerprint density at radius 2 is 1.83 bits per heavy atom. The molecule has 0 spiro atoms. The highest BCUT2D eigenvalue weighted by atomic mass is 14.7. The molecule has 1 aromatic carbocycles. The fraction of sp³-hybridized carbons (Fsp3) is 0.312. The largest absolute Gasteiger partial charge is 0.323 e. The van der Waals surface area contributed by atoms with Crippen LogP contribution in [0.4, 0.5) is 0 Å². The van der Waals surface area contributed by atoms with Crippen LogP contribution in [0.2, 0.25) is 0 Å². The van der Waals surface area contributed by atoms with Crippen molar-refractivity contribution in [3.05, 3.63) is 65.5 Å². The second-order valence-corrected chi connectivity index (χ2v) is 4.62. The van der Waals surface area contributed by atoms with Crippen molar-refractivity contribution in [2.24, 2.45) is 5.73 Å². The van der Waals surface area contributed by atoms with Gasteiger partial charge in [-0.3, -0.25) is 4.98 Å². The second kappa shape index (κ2) is 5.78. The van der Waals surface area contributed by atoms with E-state index in [-0.39, 0.29) is 12.0 Å². The Balaban J connectivity index is 2.28. The number of aryl methyl sites for hydroxylation is 1. The van der Waals surface area contributed by atoms with Crippen molar-refractivity contribution in [3.8, 4) is 0 Å². The van der Waals surface area contributed by atoms with E-state index in [0.717, 1.165) is 12.1 Å². The fourth-order valence-corrected chi connectivity index (χ4v) is 2.28. The van der Waals surface area contributed by atoms with E-state index in [1.807, 2.05) is 24.4 Å². The van der Waals surface area contributed by atoms with E-state index >= 15 is 0 Å². The average molecular weight is 240 g/mol. The minimum Gasteiger partial charge on any atom is -0.323 e. The lowest BCUT2D eigenvalue weighted by atomic mass is 9.89. The molecule has 2 atom stereocenters. The number of benzene rings is 1. The van der Waals surface area contributed by atoms with Gasteiger partial charge in [0.05, 0.1) is 0 Å². The van der Waals surface area contributed by atoms with E-state index in [9.17, 15) is 0 Å². The van der Waals surface area contributed by atoms with Crippen molar-refractivity contribution >= 4 is 0 Å². The molecule has 1 heterocycles. The second-order valence-electron chi connectivity index (χ2n) is 4.62. The molecule has 2 aromatic rings. The maximum atomic E-state index is 6.41. The van der Waals surface area contributed by atoms with Crippen LogP contribution in [0.15, 0.2) is 48.7 Å². The Kier molecular flexibility index (Phi) is 4.11. The highest BCUT2D eigenvalue weighted by Gasteiger charge is 2.19. The van der Waals surface area contributed by atoms with Gasteiger partial charge in [0.2, 0.25) is 0 Å². The molecule has 0 aliphatic heterocycles.